The third-order valence-corrected chi connectivity index (χ3v) is 7.76. The molecule has 0 radical (unpaired) electrons. The molecule has 0 aliphatic heterocycles. The molecule has 0 aliphatic rings. The summed E-state index contributed by atoms with van der Waals surface area (Å²) in [5.74, 6) is 0.196. The fraction of sp³-hybridized carbons (Fsp3) is 0.208. The number of ether oxygens (including phenoxy) is 1. The Balaban J connectivity index is 1.86. The number of para-hydroxylation sites is 1. The normalized spacial score (nSPS) is 12.4. The number of methoxy groups -OCH3 is 1. The Labute approximate surface area is 207 Å². The van der Waals surface area contributed by atoms with E-state index in [9.17, 15) is 13.2 Å². The quantitative estimate of drug-likeness (QED) is 0.398. The maximum atomic E-state index is 13.4. The molecule has 3 rings (SSSR count). The Morgan fingerprint density at radius 1 is 1.06 bits per heavy atom. The molecule has 1 amide bonds. The molecule has 0 saturated carbocycles. The highest BCUT2D eigenvalue weighted by Gasteiger charge is 2.28. The van der Waals surface area contributed by atoms with Gasteiger partial charge in [-0.3, -0.25) is 4.79 Å². The monoisotopic (exact) mass is 550 g/mol. The summed E-state index contributed by atoms with van der Waals surface area (Å²) in [5.41, 5.74) is 1.40. The highest BCUT2D eigenvalue weighted by atomic mass is 79.9. The van der Waals surface area contributed by atoms with Gasteiger partial charge in [0, 0.05) is 21.6 Å². The van der Waals surface area contributed by atoms with E-state index in [0.717, 1.165) is 14.3 Å². The van der Waals surface area contributed by atoms with Crippen molar-refractivity contribution in [3.05, 3.63) is 93.4 Å². The second kappa shape index (κ2) is 11.2. The Morgan fingerprint density at radius 3 is 2.36 bits per heavy atom. The van der Waals surface area contributed by atoms with Crippen molar-refractivity contribution in [1.82, 2.24) is 9.62 Å². The number of hydrogen-bond acceptors (Lipinski definition) is 4. The first-order valence-electron chi connectivity index (χ1n) is 10.1. The molecular formula is C24H24BrClN2O4S. The first-order valence-corrected chi connectivity index (χ1v) is 12.7. The van der Waals surface area contributed by atoms with Gasteiger partial charge in [0.2, 0.25) is 15.9 Å². The second-order valence-electron chi connectivity index (χ2n) is 7.35. The maximum Gasteiger partial charge on any atom is 0.243 e. The Hall–Kier alpha value is -2.39. The van der Waals surface area contributed by atoms with Crippen molar-refractivity contribution in [1.29, 1.82) is 0 Å². The van der Waals surface area contributed by atoms with Crippen LogP contribution in [-0.4, -0.2) is 32.3 Å². The van der Waals surface area contributed by atoms with E-state index < -0.39 is 15.9 Å². The highest BCUT2D eigenvalue weighted by molar-refractivity contribution is 9.10. The molecule has 0 saturated heterocycles. The van der Waals surface area contributed by atoms with Crippen molar-refractivity contribution < 1.29 is 17.9 Å². The van der Waals surface area contributed by atoms with Crippen LogP contribution in [0.2, 0.25) is 5.02 Å². The average molecular weight is 552 g/mol. The van der Waals surface area contributed by atoms with Gasteiger partial charge in [-0.2, -0.15) is 4.31 Å². The predicted molar refractivity (Wildman–Crippen MR) is 133 cm³/mol. The zero-order valence-corrected chi connectivity index (χ0v) is 21.3. The Kier molecular flexibility index (Phi) is 8.53. The van der Waals surface area contributed by atoms with Gasteiger partial charge in [0.1, 0.15) is 5.75 Å². The maximum absolute atomic E-state index is 13.4. The summed E-state index contributed by atoms with van der Waals surface area (Å²) in [5, 5.41) is 3.30. The first kappa shape index (κ1) is 25.2. The summed E-state index contributed by atoms with van der Waals surface area (Å²) in [6.45, 7) is 1.40. The summed E-state index contributed by atoms with van der Waals surface area (Å²) in [6, 6.07) is 20.2. The average Bonchev–Trinajstić information content (AvgIpc) is 2.80. The molecule has 0 aromatic heterocycles. The van der Waals surface area contributed by atoms with Crippen LogP contribution in [0.1, 0.15) is 24.1 Å². The number of halogens is 2. The molecule has 1 N–H and O–H groups in total. The predicted octanol–water partition coefficient (Wildman–Crippen LogP) is 5.18. The van der Waals surface area contributed by atoms with Gasteiger partial charge in [-0.15, -0.1) is 0 Å². The van der Waals surface area contributed by atoms with E-state index in [2.05, 4.69) is 21.2 Å². The standard InChI is InChI=1S/C24H24BrClN2O4S/c1-17(21-8-4-6-10-23(21)32-2)27-24(29)16-28(15-18-7-3-5-9-22(18)26)33(30,31)20-13-11-19(25)12-14-20/h3-14,17H,15-16H2,1-2H3,(H,27,29)/t17-/m1/s1. The van der Waals surface area contributed by atoms with E-state index in [1.54, 1.807) is 49.6 Å². The molecule has 3 aromatic carbocycles. The topological polar surface area (TPSA) is 75.7 Å². The molecule has 6 nitrogen and oxygen atoms in total. The third-order valence-electron chi connectivity index (χ3n) is 5.06. The smallest absolute Gasteiger partial charge is 0.243 e. The fourth-order valence-electron chi connectivity index (χ4n) is 3.35. The van der Waals surface area contributed by atoms with Crippen LogP contribution >= 0.6 is 27.5 Å². The lowest BCUT2D eigenvalue weighted by atomic mass is 10.1. The van der Waals surface area contributed by atoms with Crippen LogP contribution in [0.25, 0.3) is 0 Å². The molecule has 0 unspecified atom stereocenters. The highest BCUT2D eigenvalue weighted by Crippen LogP contribution is 2.26. The summed E-state index contributed by atoms with van der Waals surface area (Å²) in [7, 11) is -2.41. The van der Waals surface area contributed by atoms with Crippen LogP contribution in [0.4, 0.5) is 0 Å². The first-order chi connectivity index (χ1) is 15.7. The molecule has 0 aliphatic carbocycles. The lowest BCUT2D eigenvalue weighted by Gasteiger charge is -2.24. The number of carbonyl (C=O) groups is 1. The van der Waals surface area contributed by atoms with Crippen molar-refractivity contribution in [2.45, 2.75) is 24.4 Å². The van der Waals surface area contributed by atoms with Gasteiger partial charge in [0.05, 0.1) is 24.6 Å². The van der Waals surface area contributed by atoms with Crippen molar-refractivity contribution in [2.75, 3.05) is 13.7 Å². The van der Waals surface area contributed by atoms with Crippen LogP contribution in [0, 0.1) is 0 Å². The number of carbonyl (C=O) groups excluding carboxylic acids is 1. The second-order valence-corrected chi connectivity index (χ2v) is 10.6. The van der Waals surface area contributed by atoms with E-state index in [1.807, 2.05) is 25.1 Å². The van der Waals surface area contributed by atoms with Crippen LogP contribution in [0.3, 0.4) is 0 Å². The van der Waals surface area contributed by atoms with Crippen LogP contribution in [0.5, 0.6) is 5.75 Å². The van der Waals surface area contributed by atoms with Crippen LogP contribution < -0.4 is 10.1 Å². The van der Waals surface area contributed by atoms with Gasteiger partial charge in [0.15, 0.2) is 0 Å². The number of benzene rings is 3. The molecule has 33 heavy (non-hydrogen) atoms. The number of hydrogen-bond donors (Lipinski definition) is 1. The molecule has 0 spiro atoms. The van der Waals surface area contributed by atoms with E-state index in [4.69, 9.17) is 16.3 Å². The third kappa shape index (κ3) is 6.35. The van der Waals surface area contributed by atoms with Crippen molar-refractivity contribution in [2.24, 2.45) is 0 Å². The minimum Gasteiger partial charge on any atom is -0.496 e. The minimum absolute atomic E-state index is 0.0471. The summed E-state index contributed by atoms with van der Waals surface area (Å²) in [4.78, 5) is 13.0. The number of sulfonamides is 1. The molecule has 9 heteroatoms. The molecule has 0 fully saturated rings. The number of nitrogens with one attached hydrogen (secondary N) is 1. The molecule has 0 bridgehead atoms. The Morgan fingerprint density at radius 2 is 1.70 bits per heavy atom. The molecule has 1 atom stereocenters. The van der Waals surface area contributed by atoms with E-state index >= 15 is 0 Å². The van der Waals surface area contributed by atoms with Gasteiger partial charge in [-0.1, -0.05) is 63.9 Å². The van der Waals surface area contributed by atoms with Gasteiger partial charge < -0.3 is 10.1 Å². The lowest BCUT2D eigenvalue weighted by molar-refractivity contribution is -0.122. The number of amides is 1. The van der Waals surface area contributed by atoms with E-state index in [-0.39, 0.29) is 24.0 Å². The lowest BCUT2D eigenvalue weighted by Crippen LogP contribution is -2.41. The van der Waals surface area contributed by atoms with Crippen molar-refractivity contribution >= 4 is 43.5 Å². The number of rotatable bonds is 9. The zero-order valence-electron chi connectivity index (χ0n) is 18.2. The fourth-order valence-corrected chi connectivity index (χ4v) is 5.18. The zero-order chi connectivity index (χ0) is 24.0. The Bertz CT molecular complexity index is 1220. The molecule has 3 aromatic rings. The molecular weight excluding hydrogens is 528 g/mol. The minimum atomic E-state index is -3.97. The van der Waals surface area contributed by atoms with Gasteiger partial charge in [-0.05, 0) is 48.9 Å². The van der Waals surface area contributed by atoms with Gasteiger partial charge in [-0.25, -0.2) is 8.42 Å². The van der Waals surface area contributed by atoms with Gasteiger partial charge in [0.25, 0.3) is 0 Å². The molecule has 174 valence electrons. The summed E-state index contributed by atoms with van der Waals surface area (Å²) in [6.07, 6.45) is 0. The van der Waals surface area contributed by atoms with Crippen molar-refractivity contribution in [3.8, 4) is 5.75 Å². The van der Waals surface area contributed by atoms with Gasteiger partial charge >= 0.3 is 0 Å². The van der Waals surface area contributed by atoms with E-state index in [0.29, 0.717) is 16.3 Å². The largest absolute Gasteiger partial charge is 0.496 e. The number of nitrogens with zero attached hydrogens (tertiary/aromatic N) is 1. The SMILES string of the molecule is COc1ccccc1[C@@H](C)NC(=O)CN(Cc1ccccc1Cl)S(=O)(=O)c1ccc(Br)cc1. The summed E-state index contributed by atoms with van der Waals surface area (Å²) < 4.78 is 34.1. The molecule has 0 heterocycles. The van der Waals surface area contributed by atoms with Crippen LogP contribution in [-0.2, 0) is 21.4 Å². The van der Waals surface area contributed by atoms with Crippen LogP contribution in [0.15, 0.2) is 82.2 Å². The van der Waals surface area contributed by atoms with E-state index in [1.165, 1.54) is 12.1 Å². The summed E-state index contributed by atoms with van der Waals surface area (Å²) >= 11 is 9.59. The van der Waals surface area contributed by atoms with Crippen molar-refractivity contribution in [3.63, 3.8) is 0 Å².